The minimum Gasteiger partial charge on any atom is -0.461 e. The number of benzene rings is 3. The zero-order valence-corrected chi connectivity index (χ0v) is 21.2. The lowest BCUT2D eigenvalue weighted by Crippen LogP contribution is -2.36. The van der Waals surface area contributed by atoms with E-state index < -0.39 is 25.2 Å². The summed E-state index contributed by atoms with van der Waals surface area (Å²) in [4.78, 5) is 35.7. The molecular weight excluding hydrogens is 477 g/mol. The number of aryl methyl sites for hydroxylation is 2. The molecule has 8 heteroatoms. The highest BCUT2D eigenvalue weighted by Crippen LogP contribution is 2.47. The lowest BCUT2D eigenvalue weighted by Gasteiger charge is -2.24. The molecular formula is C28H32NO6P. The molecule has 3 rings (SSSR count). The normalized spacial score (nSPS) is 13.3. The predicted molar refractivity (Wildman–Crippen MR) is 139 cm³/mol. The Morgan fingerprint density at radius 3 is 2.03 bits per heavy atom. The van der Waals surface area contributed by atoms with Crippen molar-refractivity contribution < 1.29 is 28.5 Å². The summed E-state index contributed by atoms with van der Waals surface area (Å²) in [6.45, 7) is 2.08. The number of nitrogens with one attached hydrogen (secondary N) is 1. The first-order valence-electron chi connectivity index (χ1n) is 11.9. The Bertz CT molecular complexity index is 1170. The van der Waals surface area contributed by atoms with E-state index in [9.17, 15) is 19.0 Å². The van der Waals surface area contributed by atoms with Gasteiger partial charge in [0.05, 0.1) is 0 Å². The molecule has 0 aliphatic heterocycles. The van der Waals surface area contributed by atoms with Gasteiger partial charge in [-0.1, -0.05) is 84.9 Å². The highest BCUT2D eigenvalue weighted by molar-refractivity contribution is 7.58. The van der Waals surface area contributed by atoms with Crippen LogP contribution in [0, 0.1) is 6.92 Å². The first kappa shape index (κ1) is 27.2. The number of esters is 1. The first-order valence-corrected chi connectivity index (χ1v) is 13.8. The minimum absolute atomic E-state index is 0.0252. The van der Waals surface area contributed by atoms with E-state index in [2.05, 4.69) is 5.32 Å². The summed E-state index contributed by atoms with van der Waals surface area (Å²) in [6.07, 6.45) is -0.649. The largest absolute Gasteiger partial charge is 0.461 e. The molecule has 1 amide bonds. The van der Waals surface area contributed by atoms with E-state index in [0.29, 0.717) is 6.42 Å². The third kappa shape index (κ3) is 8.99. The van der Waals surface area contributed by atoms with Crippen LogP contribution >= 0.6 is 7.37 Å². The van der Waals surface area contributed by atoms with Gasteiger partial charge in [-0.05, 0) is 42.0 Å². The van der Waals surface area contributed by atoms with Gasteiger partial charge in [-0.2, -0.15) is 0 Å². The van der Waals surface area contributed by atoms with Crippen LogP contribution in [0.2, 0.25) is 0 Å². The maximum atomic E-state index is 13.3. The van der Waals surface area contributed by atoms with Crippen LogP contribution in [0.25, 0.3) is 0 Å². The molecule has 190 valence electrons. The second-order valence-electron chi connectivity index (χ2n) is 8.56. The van der Waals surface area contributed by atoms with Gasteiger partial charge in [0, 0.05) is 12.6 Å². The average Bonchev–Trinajstić information content (AvgIpc) is 2.89. The lowest BCUT2D eigenvalue weighted by atomic mass is 10.1. The molecule has 2 unspecified atom stereocenters. The highest BCUT2D eigenvalue weighted by atomic mass is 31.2. The third-order valence-corrected chi connectivity index (χ3v) is 8.04. The molecule has 0 fully saturated rings. The average molecular weight is 510 g/mol. The van der Waals surface area contributed by atoms with E-state index in [1.54, 1.807) is 0 Å². The van der Waals surface area contributed by atoms with Gasteiger partial charge in [0.15, 0.2) is 0 Å². The lowest BCUT2D eigenvalue weighted by molar-refractivity contribution is -0.145. The quantitative estimate of drug-likeness (QED) is 0.244. The van der Waals surface area contributed by atoms with Crippen LogP contribution in [-0.2, 0) is 38.5 Å². The number of hydrogen-bond donors (Lipinski definition) is 2. The van der Waals surface area contributed by atoms with Crippen molar-refractivity contribution >= 4 is 19.4 Å². The number of hydrogen-bond acceptors (Lipinski definition) is 5. The maximum Gasteiger partial charge on any atom is 0.408 e. The fourth-order valence-corrected chi connectivity index (χ4v) is 5.38. The van der Waals surface area contributed by atoms with Gasteiger partial charge in [-0.25, -0.2) is 4.79 Å². The number of rotatable bonds is 12. The molecule has 0 saturated carbocycles. The zero-order chi connectivity index (χ0) is 25.8. The minimum atomic E-state index is -3.89. The van der Waals surface area contributed by atoms with Crippen molar-refractivity contribution in [1.82, 2.24) is 5.32 Å². The summed E-state index contributed by atoms with van der Waals surface area (Å²) in [5.41, 5.74) is 3.62. The molecule has 0 saturated heterocycles. The van der Waals surface area contributed by atoms with E-state index in [1.165, 1.54) is 0 Å². The molecule has 0 aromatic heterocycles. The van der Waals surface area contributed by atoms with Crippen LogP contribution in [0.3, 0.4) is 0 Å². The Balaban J connectivity index is 1.61. The van der Waals surface area contributed by atoms with Crippen LogP contribution < -0.4 is 5.32 Å². The second-order valence-corrected chi connectivity index (χ2v) is 11.1. The fraction of sp³-hybridized carbons (Fsp3) is 0.286. The van der Waals surface area contributed by atoms with E-state index >= 15 is 0 Å². The number of ether oxygens (including phenoxy) is 2. The second kappa shape index (κ2) is 13.6. The Kier molecular flexibility index (Phi) is 10.3. The number of alkyl carbamates (subject to hydrolysis) is 1. The Morgan fingerprint density at radius 1 is 0.861 bits per heavy atom. The van der Waals surface area contributed by atoms with Gasteiger partial charge < -0.3 is 19.7 Å². The third-order valence-electron chi connectivity index (χ3n) is 5.81. The monoisotopic (exact) mass is 509 g/mol. The molecule has 2 N–H and O–H groups in total. The topological polar surface area (TPSA) is 102 Å². The molecule has 2 atom stereocenters. The van der Waals surface area contributed by atoms with Crippen molar-refractivity contribution in [1.29, 1.82) is 0 Å². The summed E-state index contributed by atoms with van der Waals surface area (Å²) in [5.74, 6) is -1.66. The predicted octanol–water partition coefficient (Wildman–Crippen LogP) is 5.58. The van der Waals surface area contributed by atoms with Crippen LogP contribution in [-0.4, -0.2) is 28.9 Å². The first-order chi connectivity index (χ1) is 17.3. The molecule has 0 aliphatic carbocycles. The van der Waals surface area contributed by atoms with E-state index in [-0.39, 0.29) is 32.2 Å². The fourth-order valence-electron chi connectivity index (χ4n) is 3.67. The van der Waals surface area contributed by atoms with Crippen LogP contribution in [0.5, 0.6) is 0 Å². The van der Waals surface area contributed by atoms with Crippen LogP contribution in [0.15, 0.2) is 84.9 Å². The zero-order valence-electron chi connectivity index (χ0n) is 20.3. The molecule has 0 spiro atoms. The summed E-state index contributed by atoms with van der Waals surface area (Å²) in [6, 6.07) is 26.0. The summed E-state index contributed by atoms with van der Waals surface area (Å²) < 4.78 is 23.9. The van der Waals surface area contributed by atoms with E-state index in [1.807, 2.05) is 91.9 Å². The highest BCUT2D eigenvalue weighted by Gasteiger charge is 2.33. The smallest absolute Gasteiger partial charge is 0.408 e. The van der Waals surface area contributed by atoms with Crippen LogP contribution in [0.4, 0.5) is 4.79 Å². The molecule has 3 aromatic rings. The van der Waals surface area contributed by atoms with Crippen molar-refractivity contribution in [3.05, 3.63) is 107 Å². The maximum absolute atomic E-state index is 13.3. The van der Waals surface area contributed by atoms with Crippen molar-refractivity contribution in [3.8, 4) is 0 Å². The molecule has 0 radical (unpaired) electrons. The number of amides is 1. The summed E-state index contributed by atoms with van der Waals surface area (Å²) in [5, 5.41) is 2.53. The summed E-state index contributed by atoms with van der Waals surface area (Å²) >= 11 is 0. The van der Waals surface area contributed by atoms with Crippen LogP contribution in [0.1, 0.15) is 35.1 Å². The van der Waals surface area contributed by atoms with Crippen molar-refractivity contribution in [2.24, 2.45) is 0 Å². The van der Waals surface area contributed by atoms with Gasteiger partial charge >= 0.3 is 12.1 Å². The van der Waals surface area contributed by atoms with Gasteiger partial charge in [-0.15, -0.1) is 0 Å². The Hall–Kier alpha value is -3.41. The Morgan fingerprint density at radius 2 is 1.42 bits per heavy atom. The standard InChI is InChI=1S/C28H32NO6P/c1-22-10-8-9-15-25(22)18-19-36(32,33)26(29-28(31)35-21-24-13-6-3-7-14-24)16-17-27(30)34-20-23-11-4-2-5-12-23/h2-15,26H,16-21H2,1H3,(H,29,31)(H,32,33). The molecule has 7 nitrogen and oxygen atoms in total. The molecule has 0 aliphatic rings. The van der Waals surface area contributed by atoms with E-state index in [0.717, 1.165) is 22.3 Å². The molecule has 0 bridgehead atoms. The Labute approximate surface area is 211 Å². The molecule has 3 aromatic carbocycles. The SMILES string of the molecule is Cc1ccccc1CCP(=O)(O)C(CCC(=O)OCc1ccccc1)NC(=O)OCc1ccccc1. The van der Waals surface area contributed by atoms with E-state index in [4.69, 9.17) is 9.47 Å². The molecule has 0 heterocycles. The number of carbonyl (C=O) groups is 2. The van der Waals surface area contributed by atoms with Crippen molar-refractivity contribution in [3.63, 3.8) is 0 Å². The van der Waals surface area contributed by atoms with Gasteiger partial charge in [0.25, 0.3) is 0 Å². The van der Waals surface area contributed by atoms with Gasteiger partial charge in [-0.3, -0.25) is 9.36 Å². The van der Waals surface area contributed by atoms with Gasteiger partial charge in [0.1, 0.15) is 19.0 Å². The van der Waals surface area contributed by atoms with Crippen molar-refractivity contribution in [2.75, 3.05) is 6.16 Å². The van der Waals surface area contributed by atoms with Gasteiger partial charge in [0.2, 0.25) is 7.37 Å². The van der Waals surface area contributed by atoms with Crippen molar-refractivity contribution in [2.45, 2.75) is 45.2 Å². The number of carbonyl (C=O) groups excluding carboxylic acids is 2. The summed E-state index contributed by atoms with van der Waals surface area (Å²) in [7, 11) is -3.89. The molecule has 36 heavy (non-hydrogen) atoms.